The van der Waals surface area contributed by atoms with E-state index in [1.165, 1.54) is 17.2 Å². The van der Waals surface area contributed by atoms with E-state index in [0.717, 1.165) is 5.56 Å². The monoisotopic (exact) mass is 483 g/mol. The standard InChI is InChI=1S/C29H29N3O4/c1-19-24(10-7-11-25(19)30)27(31)32-36-28(33)26-17-16-23(35-26)18-34-22-14-12-21(13-15-22)29(2,3)20-8-5-4-6-9-20/h4-17H,18,30H2,1-3H3,(H2,31,32). The number of anilines is 1. The van der Waals surface area contributed by atoms with Gasteiger partial charge in [-0.25, -0.2) is 4.79 Å². The number of ether oxygens (including phenoxy) is 1. The third-order valence-electron chi connectivity index (χ3n) is 6.19. The van der Waals surface area contributed by atoms with Crippen LogP contribution in [0.4, 0.5) is 5.69 Å². The first-order valence-corrected chi connectivity index (χ1v) is 11.5. The lowest BCUT2D eigenvalue weighted by atomic mass is 9.78. The molecule has 4 aromatic rings. The van der Waals surface area contributed by atoms with Crippen molar-refractivity contribution in [3.63, 3.8) is 0 Å². The van der Waals surface area contributed by atoms with Crippen LogP contribution >= 0.6 is 0 Å². The van der Waals surface area contributed by atoms with Gasteiger partial charge >= 0.3 is 5.97 Å². The van der Waals surface area contributed by atoms with E-state index in [1.807, 2.05) is 37.3 Å². The number of furan rings is 1. The lowest BCUT2D eigenvalue weighted by Gasteiger charge is -2.26. The summed E-state index contributed by atoms with van der Waals surface area (Å²) in [5, 5.41) is 3.72. The Kier molecular flexibility index (Phi) is 7.10. The number of nitrogens with two attached hydrogens (primary N) is 2. The molecule has 0 saturated carbocycles. The Morgan fingerprint density at radius 3 is 2.33 bits per heavy atom. The van der Waals surface area contributed by atoms with Crippen LogP contribution in [0.3, 0.4) is 0 Å². The van der Waals surface area contributed by atoms with E-state index < -0.39 is 5.97 Å². The molecule has 0 unspecified atom stereocenters. The van der Waals surface area contributed by atoms with Gasteiger partial charge in [-0.1, -0.05) is 73.6 Å². The van der Waals surface area contributed by atoms with Crippen LogP contribution < -0.4 is 16.2 Å². The number of carbonyl (C=O) groups is 1. The smallest absolute Gasteiger partial charge is 0.400 e. The number of benzene rings is 3. The zero-order valence-electron chi connectivity index (χ0n) is 20.5. The van der Waals surface area contributed by atoms with Crippen LogP contribution in [-0.4, -0.2) is 11.8 Å². The van der Waals surface area contributed by atoms with Crippen molar-refractivity contribution in [3.05, 3.63) is 119 Å². The Morgan fingerprint density at radius 2 is 1.61 bits per heavy atom. The first kappa shape index (κ1) is 24.6. The molecule has 184 valence electrons. The molecular formula is C29H29N3O4. The number of nitrogens with zero attached hydrogens (tertiary/aromatic N) is 1. The van der Waals surface area contributed by atoms with Crippen molar-refractivity contribution in [3.8, 4) is 5.75 Å². The predicted octanol–water partition coefficient (Wildman–Crippen LogP) is 5.55. The highest BCUT2D eigenvalue weighted by atomic mass is 16.7. The van der Waals surface area contributed by atoms with E-state index in [9.17, 15) is 4.79 Å². The van der Waals surface area contributed by atoms with Crippen molar-refractivity contribution in [2.75, 3.05) is 5.73 Å². The number of carbonyl (C=O) groups excluding carboxylic acids is 1. The molecule has 0 spiro atoms. The second kappa shape index (κ2) is 10.4. The number of hydrogen-bond donors (Lipinski definition) is 2. The van der Waals surface area contributed by atoms with E-state index >= 15 is 0 Å². The fourth-order valence-electron chi connectivity index (χ4n) is 3.82. The van der Waals surface area contributed by atoms with Gasteiger partial charge in [0, 0.05) is 16.7 Å². The third-order valence-corrected chi connectivity index (χ3v) is 6.19. The summed E-state index contributed by atoms with van der Waals surface area (Å²) in [5.41, 5.74) is 16.0. The van der Waals surface area contributed by atoms with Gasteiger partial charge in [0.1, 0.15) is 18.1 Å². The third kappa shape index (κ3) is 5.41. The van der Waals surface area contributed by atoms with Gasteiger partial charge in [-0.05, 0) is 53.9 Å². The topological polar surface area (TPSA) is 113 Å². The Morgan fingerprint density at radius 1 is 0.917 bits per heavy atom. The van der Waals surface area contributed by atoms with Gasteiger partial charge in [0.15, 0.2) is 5.84 Å². The average molecular weight is 484 g/mol. The molecule has 0 bridgehead atoms. The van der Waals surface area contributed by atoms with E-state index in [1.54, 1.807) is 24.3 Å². The summed E-state index contributed by atoms with van der Waals surface area (Å²) in [6.07, 6.45) is 0. The zero-order chi connectivity index (χ0) is 25.7. The van der Waals surface area contributed by atoms with Gasteiger partial charge in [-0.15, -0.1) is 0 Å². The van der Waals surface area contributed by atoms with Gasteiger partial charge in [0.2, 0.25) is 5.76 Å². The molecule has 1 aromatic heterocycles. The number of oxime groups is 1. The van der Waals surface area contributed by atoms with E-state index in [2.05, 4.69) is 43.3 Å². The summed E-state index contributed by atoms with van der Waals surface area (Å²) in [6.45, 7) is 6.35. The zero-order valence-corrected chi connectivity index (χ0v) is 20.5. The average Bonchev–Trinajstić information content (AvgIpc) is 3.37. The summed E-state index contributed by atoms with van der Waals surface area (Å²) < 4.78 is 11.4. The molecule has 0 radical (unpaired) electrons. The number of nitrogen functional groups attached to an aromatic ring is 1. The molecule has 4 N–H and O–H groups in total. The number of rotatable bonds is 8. The van der Waals surface area contributed by atoms with E-state index in [-0.39, 0.29) is 23.6 Å². The maximum absolute atomic E-state index is 12.3. The molecule has 0 atom stereocenters. The summed E-state index contributed by atoms with van der Waals surface area (Å²) in [4.78, 5) is 17.3. The van der Waals surface area contributed by atoms with Crippen LogP contribution in [0.5, 0.6) is 5.75 Å². The van der Waals surface area contributed by atoms with Crippen molar-refractivity contribution in [2.45, 2.75) is 32.8 Å². The molecule has 0 fully saturated rings. The van der Waals surface area contributed by atoms with Crippen LogP contribution in [0.2, 0.25) is 0 Å². The first-order valence-electron chi connectivity index (χ1n) is 11.5. The van der Waals surface area contributed by atoms with Gasteiger partial charge in [-0.3, -0.25) is 0 Å². The molecule has 0 saturated heterocycles. The molecular weight excluding hydrogens is 454 g/mol. The Hall–Kier alpha value is -4.52. The molecule has 0 aliphatic carbocycles. The highest BCUT2D eigenvalue weighted by Crippen LogP contribution is 2.32. The van der Waals surface area contributed by atoms with Crippen molar-refractivity contribution < 1.29 is 18.8 Å². The van der Waals surface area contributed by atoms with Gasteiger partial charge in [0.25, 0.3) is 0 Å². The Bertz CT molecular complexity index is 1370. The molecule has 0 aliphatic rings. The van der Waals surface area contributed by atoms with Crippen LogP contribution in [0.15, 0.2) is 94.5 Å². The van der Waals surface area contributed by atoms with Gasteiger partial charge in [-0.2, -0.15) is 0 Å². The molecule has 36 heavy (non-hydrogen) atoms. The first-order chi connectivity index (χ1) is 17.3. The number of amidine groups is 1. The highest BCUT2D eigenvalue weighted by molar-refractivity contribution is 6.00. The van der Waals surface area contributed by atoms with Crippen molar-refractivity contribution in [2.24, 2.45) is 10.9 Å². The lowest BCUT2D eigenvalue weighted by molar-refractivity contribution is 0.0475. The van der Waals surface area contributed by atoms with Crippen molar-refractivity contribution in [1.29, 1.82) is 0 Å². The summed E-state index contributed by atoms with van der Waals surface area (Å²) in [7, 11) is 0. The molecule has 7 heteroatoms. The van der Waals surface area contributed by atoms with Crippen LogP contribution in [0.1, 0.15) is 52.4 Å². The highest BCUT2D eigenvalue weighted by Gasteiger charge is 2.22. The summed E-state index contributed by atoms with van der Waals surface area (Å²) >= 11 is 0. The molecule has 7 nitrogen and oxygen atoms in total. The molecule has 3 aromatic carbocycles. The minimum Gasteiger partial charge on any atom is -0.486 e. The maximum Gasteiger partial charge on any atom is 0.400 e. The SMILES string of the molecule is Cc1c(N)cccc1/C(N)=N/OC(=O)c1ccc(COc2ccc(C(C)(C)c3ccccc3)cc2)o1. The fourth-order valence-corrected chi connectivity index (χ4v) is 3.82. The number of hydrogen-bond acceptors (Lipinski definition) is 6. The maximum atomic E-state index is 12.3. The predicted molar refractivity (Wildman–Crippen MR) is 140 cm³/mol. The minimum atomic E-state index is -0.766. The molecule has 1 heterocycles. The Balaban J connectivity index is 1.35. The largest absolute Gasteiger partial charge is 0.486 e. The normalized spacial score (nSPS) is 11.8. The van der Waals surface area contributed by atoms with Crippen LogP contribution in [-0.2, 0) is 16.9 Å². The summed E-state index contributed by atoms with van der Waals surface area (Å²) in [6, 6.07) is 26.7. The second-order valence-electron chi connectivity index (χ2n) is 8.95. The second-order valence-corrected chi connectivity index (χ2v) is 8.95. The molecule has 0 aliphatic heterocycles. The van der Waals surface area contributed by atoms with E-state index in [4.69, 9.17) is 25.5 Å². The van der Waals surface area contributed by atoms with Gasteiger partial charge < -0.3 is 25.5 Å². The molecule has 4 rings (SSSR count). The minimum absolute atomic E-state index is 0.00518. The lowest BCUT2D eigenvalue weighted by Crippen LogP contribution is -2.18. The van der Waals surface area contributed by atoms with Crippen molar-refractivity contribution >= 4 is 17.5 Å². The summed E-state index contributed by atoms with van der Waals surface area (Å²) in [5.74, 6) is 0.437. The molecule has 0 amide bonds. The van der Waals surface area contributed by atoms with E-state index in [0.29, 0.717) is 22.8 Å². The van der Waals surface area contributed by atoms with Crippen molar-refractivity contribution in [1.82, 2.24) is 0 Å². The van der Waals surface area contributed by atoms with Crippen LogP contribution in [0, 0.1) is 6.92 Å². The fraction of sp³-hybridized carbons (Fsp3) is 0.172. The quantitative estimate of drug-likeness (QED) is 0.112. The Labute approximate surface area is 210 Å². The van der Waals surface area contributed by atoms with Gasteiger partial charge in [0.05, 0.1) is 0 Å². The van der Waals surface area contributed by atoms with Crippen LogP contribution in [0.25, 0.3) is 0 Å².